The van der Waals surface area contributed by atoms with E-state index in [1.54, 1.807) is 87.4 Å². The summed E-state index contributed by atoms with van der Waals surface area (Å²) in [6.45, 7) is 8.26. The predicted octanol–water partition coefficient (Wildman–Crippen LogP) is 15.6. The number of hydrogen-bond donors (Lipinski definition) is 4. The maximum absolute atomic E-state index is 14.7. The Labute approximate surface area is 743 Å². The van der Waals surface area contributed by atoms with E-state index in [1.807, 2.05) is 54.8 Å². The second kappa shape index (κ2) is 32.2. The van der Waals surface area contributed by atoms with Crippen LogP contribution in [0.4, 0.5) is 85.5 Å². The number of benzene rings is 4. The minimum atomic E-state index is -0.626. The molecule has 29 nitrogen and oxygen atoms in total. The van der Waals surface area contributed by atoms with Crippen molar-refractivity contribution in [3.63, 3.8) is 0 Å². The zero-order valence-corrected chi connectivity index (χ0v) is 70.4. The van der Waals surface area contributed by atoms with Crippen LogP contribution in [0.2, 0.25) is 0 Å². The molecule has 8 fully saturated rings. The number of anilines is 8. The summed E-state index contributed by atoms with van der Waals surface area (Å²) in [7, 11) is 0. The van der Waals surface area contributed by atoms with E-state index in [2.05, 4.69) is 76.4 Å². The molecule has 38 heteroatoms. The number of pyridine rings is 3. The van der Waals surface area contributed by atoms with E-state index in [-0.39, 0.29) is 52.7 Å². The van der Waals surface area contributed by atoms with Crippen molar-refractivity contribution in [2.45, 2.75) is 94.3 Å². The number of aromatic nitrogens is 17. The highest BCUT2D eigenvalue weighted by Gasteiger charge is 2.68. The van der Waals surface area contributed by atoms with E-state index in [4.69, 9.17) is 19.9 Å². The largest absolute Gasteiger partial charge is 0.346 e. The fraction of sp³-hybridized carbons (Fsp3) is 0.245. The third kappa shape index (κ3) is 14.6. The third-order valence-corrected chi connectivity index (χ3v) is 26.4. The van der Waals surface area contributed by atoms with Crippen molar-refractivity contribution in [1.82, 2.24) is 83.3 Å². The molecule has 132 heavy (non-hydrogen) atoms. The van der Waals surface area contributed by atoms with E-state index in [0.29, 0.717) is 123 Å². The molecule has 0 bridgehead atoms. The second-order valence-corrected chi connectivity index (χ2v) is 34.2. The monoisotopic (exact) mass is 1790 g/mol. The Hall–Kier alpha value is -15.7. The molecule has 4 aliphatic carbocycles. The lowest BCUT2D eigenvalue weighted by atomic mass is 10.0. The quantitative estimate of drug-likeness (QED) is 0.0653. The molecule has 4 saturated heterocycles. The molecule has 0 radical (unpaired) electrons. The van der Waals surface area contributed by atoms with Crippen LogP contribution >= 0.6 is 0 Å². The number of aryl methyl sites for hydroxylation is 3. The van der Waals surface area contributed by atoms with Crippen LogP contribution in [0.15, 0.2) is 214 Å². The lowest BCUT2D eigenvalue weighted by Crippen LogP contribution is -2.34. The Balaban J connectivity index is 0.000000106. The molecule has 664 valence electrons. The Morgan fingerprint density at radius 1 is 0.333 bits per heavy atom. The van der Waals surface area contributed by atoms with Gasteiger partial charge in [-0.3, -0.25) is 29.1 Å². The lowest BCUT2D eigenvalue weighted by molar-refractivity contribution is 0.101. The van der Waals surface area contributed by atoms with Crippen molar-refractivity contribution >= 4 is 92.2 Å². The third-order valence-electron chi connectivity index (χ3n) is 26.4. The molecule has 4 saturated carbocycles. The van der Waals surface area contributed by atoms with Crippen molar-refractivity contribution in [2.75, 3.05) is 67.0 Å². The molecule has 8 aliphatic rings. The fourth-order valence-corrected chi connectivity index (χ4v) is 19.9. The predicted molar refractivity (Wildman–Crippen MR) is 465 cm³/mol. The summed E-state index contributed by atoms with van der Waals surface area (Å²) in [6.07, 6.45) is 26.7. The van der Waals surface area contributed by atoms with Crippen LogP contribution in [0.5, 0.6) is 0 Å². The van der Waals surface area contributed by atoms with Crippen molar-refractivity contribution in [1.29, 1.82) is 0 Å². The number of halogens is 9. The maximum Gasteiger partial charge on any atom is 0.293 e. The number of piperidine rings is 4. The number of rotatable bonds is 16. The van der Waals surface area contributed by atoms with E-state index in [0.717, 1.165) is 111 Å². The number of carbonyl (C=O) groups excluding carboxylic acids is 4. The minimum Gasteiger partial charge on any atom is -0.346 e. The average Bonchev–Trinajstić information content (AvgIpc) is 1.54. The number of hydrogen-bond acceptors (Lipinski definition) is 21. The van der Waals surface area contributed by atoms with Gasteiger partial charge in [0.15, 0.2) is 22.6 Å². The van der Waals surface area contributed by atoms with Gasteiger partial charge in [0, 0.05) is 98.0 Å². The van der Waals surface area contributed by atoms with Crippen LogP contribution in [0.3, 0.4) is 0 Å². The Morgan fingerprint density at radius 2 is 0.652 bits per heavy atom. The van der Waals surface area contributed by atoms with E-state index in [1.165, 1.54) is 77.8 Å². The highest BCUT2D eigenvalue weighted by molar-refractivity contribution is 6.07. The smallest absolute Gasteiger partial charge is 0.293 e. The van der Waals surface area contributed by atoms with Crippen LogP contribution in [0.1, 0.15) is 132 Å². The highest BCUT2D eigenvalue weighted by atomic mass is 19.2. The van der Waals surface area contributed by atoms with Gasteiger partial charge in [0.05, 0.1) is 53.1 Å². The SMILES string of the molecule is Cc1ccc(C(=O)Nc2cnn3ccc(N4CC[C@H]5C[C@]54c4cc(F)ccc4F)nc23)nc1.Cc1cccnc1C(=O)Nc1cnn2ccc(N3CC[C@H]4C[C@]43c3cc(F)ccc3F)nc12.Cc1cnc(C(=O)Nc2cnn3ccc(N4CC[C@H]5C[C@]54c4cc(F)ccc4F)nc23)nc1.O=C(Nc1cnn2ccc(N3CC[C@H]4C[C@]43c3cc(F)ccc3F)nc12)c1ccc(F)cn1. The summed E-state index contributed by atoms with van der Waals surface area (Å²) in [6, 6.07) is 31.1. The normalized spacial score (nSPS) is 21.3. The van der Waals surface area contributed by atoms with Gasteiger partial charge in [0.2, 0.25) is 5.82 Å². The molecular formula is C94H76F9N25O4. The first-order valence-electron chi connectivity index (χ1n) is 42.6. The molecule has 12 aromatic heterocycles. The average molecular weight is 1790 g/mol. The number of carbonyl (C=O) groups is 4. The fourth-order valence-electron chi connectivity index (χ4n) is 19.9. The molecule has 4 amide bonds. The van der Waals surface area contributed by atoms with Gasteiger partial charge in [-0.2, -0.15) is 20.4 Å². The van der Waals surface area contributed by atoms with Gasteiger partial charge >= 0.3 is 0 Å². The molecule has 8 atom stereocenters. The zero-order valence-electron chi connectivity index (χ0n) is 70.4. The summed E-state index contributed by atoms with van der Waals surface area (Å²) >= 11 is 0. The molecule has 4 N–H and O–H groups in total. The van der Waals surface area contributed by atoms with Gasteiger partial charge in [0.1, 0.15) is 115 Å². The molecule has 16 aromatic rings. The van der Waals surface area contributed by atoms with Gasteiger partial charge in [0.25, 0.3) is 23.6 Å². The summed E-state index contributed by atoms with van der Waals surface area (Å²) in [5.41, 5.74) is 5.70. The van der Waals surface area contributed by atoms with Crippen molar-refractivity contribution < 1.29 is 58.7 Å². The van der Waals surface area contributed by atoms with Crippen LogP contribution in [0.25, 0.3) is 22.6 Å². The first-order chi connectivity index (χ1) is 63.8. The van der Waals surface area contributed by atoms with Gasteiger partial charge in [-0.25, -0.2) is 92.5 Å². The molecule has 0 unspecified atom stereocenters. The minimum absolute atomic E-state index is 0.0389. The van der Waals surface area contributed by atoms with E-state index < -0.39 is 86.3 Å². The number of nitrogens with zero attached hydrogens (tertiary/aromatic N) is 21. The van der Waals surface area contributed by atoms with Gasteiger partial charge in [-0.1, -0.05) is 12.1 Å². The van der Waals surface area contributed by atoms with Crippen LogP contribution < -0.4 is 40.9 Å². The molecule has 24 rings (SSSR count). The van der Waals surface area contributed by atoms with Crippen LogP contribution in [-0.2, 0) is 22.2 Å². The number of nitrogens with one attached hydrogen (secondary N) is 4. The van der Waals surface area contributed by atoms with Gasteiger partial charge in [-0.15, -0.1) is 0 Å². The van der Waals surface area contributed by atoms with Gasteiger partial charge in [-0.05, 0) is 234 Å². The molecular weight excluding hydrogens is 1710 g/mol. The van der Waals surface area contributed by atoms with Crippen molar-refractivity contribution in [3.8, 4) is 0 Å². The molecule has 4 aromatic carbocycles. The second-order valence-electron chi connectivity index (χ2n) is 34.2. The number of fused-ring (bicyclic) bond motifs is 8. The standard InChI is InChI=1S/2C24H20F2N6O.C23H17F3N6O.C23H19F2N7O/c1-14-2-5-19(27-12-14)23(33)29-20-13-28-32-9-7-21(30-22(20)32)31-8-6-15-11-24(15,31)17-10-16(25)3-4-18(17)26;1-14-3-2-8-27-21(14)23(33)29-19-13-28-32-10-7-20(30-22(19)32)31-9-6-15-12-24(15,31)17-11-16(25)4-5-18(17)26;24-14-1-3-17(26)16(9-14)23-10-13(23)5-7-31(23)20-6-8-32-21(30-20)19(12-28-32)29-22(33)18-4-2-15(25)11-27-18;1-13-10-26-20(27-11-13)22(33)29-18-12-28-32-7-5-19(30-21(18)32)31-6-4-14-9-23(14,31)16-8-15(24)2-3-17(16)25/h2-5,7,9-10,12-13,15H,6,8,11H2,1H3,(H,29,33);2-5,7-8,10-11,13,15H,6,9,12H2,1H3,(H,29,33);1-4,6,8-9,11-13H,5,7,10H2,(H,29,33);2-3,5,7-8,10-12,14H,4,6,9H2,1H3,(H,29,33)/t2*15-,24+;13-,23+;14-,23+/m0000/s1. The van der Waals surface area contributed by atoms with Crippen molar-refractivity contribution in [2.24, 2.45) is 23.7 Å². The molecule has 0 spiro atoms. The molecule has 4 aliphatic heterocycles. The van der Waals surface area contributed by atoms with Crippen LogP contribution in [-0.4, -0.2) is 133 Å². The lowest BCUT2D eigenvalue weighted by Gasteiger charge is -2.30. The summed E-state index contributed by atoms with van der Waals surface area (Å²) in [5.74, 6) is -2.27. The van der Waals surface area contributed by atoms with Crippen molar-refractivity contribution in [3.05, 3.63) is 328 Å². The summed E-state index contributed by atoms with van der Waals surface area (Å²) in [4.78, 5) is 97.8. The Kier molecular flexibility index (Phi) is 20.3. The molecule has 16 heterocycles. The van der Waals surface area contributed by atoms with E-state index in [9.17, 15) is 58.7 Å². The zero-order chi connectivity index (χ0) is 91.0. The van der Waals surface area contributed by atoms with E-state index >= 15 is 0 Å². The first kappa shape index (κ1) is 83.3. The maximum atomic E-state index is 14.7. The van der Waals surface area contributed by atoms with Gasteiger partial charge < -0.3 is 40.9 Å². The Morgan fingerprint density at radius 3 is 0.970 bits per heavy atom. The first-order valence-corrected chi connectivity index (χ1v) is 42.6. The topological polar surface area (TPSA) is 315 Å². The summed E-state index contributed by atoms with van der Waals surface area (Å²) in [5, 5.41) is 28.1. The number of amides is 4. The van der Waals surface area contributed by atoms with Crippen LogP contribution in [0, 0.1) is 96.8 Å². The Bertz CT molecular complexity index is 6840. The summed E-state index contributed by atoms with van der Waals surface area (Å²) < 4.78 is 134. The highest BCUT2D eigenvalue weighted by Crippen LogP contribution is 2.67.